The molecule has 0 heterocycles. The maximum absolute atomic E-state index is 6.64. The molecule has 2 heteroatoms. The van der Waals surface area contributed by atoms with Gasteiger partial charge in [0.1, 0.15) is 0 Å². The second-order valence-corrected chi connectivity index (χ2v) is 12.5. The molecule has 0 bridgehead atoms. The van der Waals surface area contributed by atoms with Gasteiger partial charge in [0.05, 0.1) is 8.80 Å². The van der Waals surface area contributed by atoms with Crippen molar-refractivity contribution in [1.29, 1.82) is 0 Å². The van der Waals surface area contributed by atoms with Crippen LogP contribution in [0.3, 0.4) is 0 Å². The van der Waals surface area contributed by atoms with Crippen LogP contribution in [0.1, 0.15) is 49.7 Å². The topological polar surface area (TPSA) is 0 Å². The Balaban J connectivity index is 1.73. The lowest BCUT2D eigenvalue weighted by Crippen LogP contribution is -2.28. The molecule has 0 N–H and O–H groups in total. The molecular weight excluding hydrogens is 376 g/mol. The second kappa shape index (κ2) is 8.04. The molecule has 0 amide bonds. The summed E-state index contributed by atoms with van der Waals surface area (Å²) in [7, 11) is -0.425. The molecule has 0 nitrogen and oxygen atoms in total. The molecule has 2 aromatic carbocycles. The lowest BCUT2D eigenvalue weighted by molar-refractivity contribution is 0.308. The second-order valence-electron chi connectivity index (χ2n) is 8.79. The zero-order valence-electron chi connectivity index (χ0n) is 17.2. The van der Waals surface area contributed by atoms with Gasteiger partial charge in [-0.05, 0) is 46.9 Å². The first-order valence-electron chi connectivity index (χ1n) is 10.5. The van der Waals surface area contributed by atoms with Crippen LogP contribution in [-0.2, 0) is 0 Å². The minimum absolute atomic E-state index is 0.122. The Morgan fingerprint density at radius 1 is 1.04 bits per heavy atom. The Bertz CT molecular complexity index is 865. The zero-order valence-corrected chi connectivity index (χ0v) is 19.0. The molecule has 2 aliphatic rings. The van der Waals surface area contributed by atoms with Crippen molar-refractivity contribution >= 4 is 20.4 Å². The van der Waals surface area contributed by atoms with Gasteiger partial charge in [-0.25, -0.2) is 0 Å². The van der Waals surface area contributed by atoms with Crippen LogP contribution in [0.15, 0.2) is 72.3 Å². The summed E-state index contributed by atoms with van der Waals surface area (Å²) in [6.45, 7) is 7.16. The molecular formula is C26H30ClSi. The molecule has 0 saturated heterocycles. The van der Waals surface area contributed by atoms with Gasteiger partial charge in [0.25, 0.3) is 0 Å². The van der Waals surface area contributed by atoms with Crippen LogP contribution < -0.4 is 0 Å². The molecule has 145 valence electrons. The Morgan fingerprint density at radius 2 is 1.64 bits per heavy atom. The Hall–Kier alpha value is -1.57. The maximum atomic E-state index is 6.64. The Kier molecular flexibility index (Phi) is 5.67. The summed E-state index contributed by atoms with van der Waals surface area (Å²) in [6, 6.07) is 18.1. The molecule has 2 unspecified atom stereocenters. The highest BCUT2D eigenvalue weighted by molar-refractivity contribution is 6.67. The Morgan fingerprint density at radius 3 is 2.18 bits per heavy atom. The third-order valence-electron chi connectivity index (χ3n) is 6.76. The van der Waals surface area contributed by atoms with E-state index in [1.165, 1.54) is 35.1 Å². The van der Waals surface area contributed by atoms with Gasteiger partial charge in [0, 0.05) is 10.9 Å². The van der Waals surface area contributed by atoms with E-state index in [0.717, 1.165) is 12.8 Å². The highest BCUT2D eigenvalue weighted by atomic mass is 35.5. The summed E-state index contributed by atoms with van der Waals surface area (Å²) in [6.07, 6.45) is 11.5. The molecule has 0 spiro atoms. The van der Waals surface area contributed by atoms with Crippen LogP contribution in [0.5, 0.6) is 0 Å². The van der Waals surface area contributed by atoms with Crippen molar-refractivity contribution in [2.45, 2.75) is 56.6 Å². The monoisotopic (exact) mass is 405 g/mol. The van der Waals surface area contributed by atoms with Gasteiger partial charge in [-0.3, -0.25) is 0 Å². The van der Waals surface area contributed by atoms with Crippen LogP contribution in [0, 0.1) is 5.41 Å². The van der Waals surface area contributed by atoms with Crippen molar-refractivity contribution in [3.63, 3.8) is 0 Å². The van der Waals surface area contributed by atoms with E-state index in [1.54, 1.807) is 5.57 Å². The van der Waals surface area contributed by atoms with Crippen LogP contribution in [0.25, 0.3) is 11.1 Å². The predicted octanol–water partition coefficient (Wildman–Crippen LogP) is 7.76. The number of fused-ring (bicyclic) bond motifs is 3. The first-order chi connectivity index (χ1) is 13.5. The SMILES string of the molecule is C[Si](C)C(Cl)CCCC(C)(C1=CC=CC1)C1c2ccccc2-c2ccccc21. The highest BCUT2D eigenvalue weighted by Gasteiger charge is 2.43. The van der Waals surface area contributed by atoms with Gasteiger partial charge < -0.3 is 0 Å². The van der Waals surface area contributed by atoms with E-state index in [2.05, 4.69) is 86.8 Å². The molecule has 2 aliphatic carbocycles. The van der Waals surface area contributed by atoms with Gasteiger partial charge in [-0.2, -0.15) is 0 Å². The lowest BCUT2D eigenvalue weighted by Gasteiger charge is -2.39. The fourth-order valence-corrected chi connectivity index (χ4v) is 6.08. The van der Waals surface area contributed by atoms with Gasteiger partial charge in [0.15, 0.2) is 0 Å². The van der Waals surface area contributed by atoms with Gasteiger partial charge in [-0.15, -0.1) is 11.6 Å². The van der Waals surface area contributed by atoms with Crippen molar-refractivity contribution in [1.82, 2.24) is 0 Å². The number of rotatable bonds is 7. The van der Waals surface area contributed by atoms with Crippen LogP contribution in [0.2, 0.25) is 13.1 Å². The van der Waals surface area contributed by atoms with E-state index in [-0.39, 0.29) is 5.41 Å². The summed E-state index contributed by atoms with van der Waals surface area (Å²) >= 11 is 6.64. The number of allylic oxidation sites excluding steroid dienone is 4. The minimum atomic E-state index is -0.425. The minimum Gasteiger partial charge on any atom is -0.127 e. The number of halogens is 1. The maximum Gasteiger partial charge on any atom is 0.0635 e. The first-order valence-corrected chi connectivity index (χ1v) is 13.5. The van der Waals surface area contributed by atoms with E-state index < -0.39 is 8.80 Å². The molecule has 2 aromatic rings. The summed E-state index contributed by atoms with van der Waals surface area (Å²) < 4.78 is 0. The molecule has 2 atom stereocenters. The van der Waals surface area contributed by atoms with Crippen molar-refractivity contribution in [3.8, 4) is 11.1 Å². The van der Waals surface area contributed by atoms with E-state index in [9.17, 15) is 0 Å². The molecule has 0 aromatic heterocycles. The first kappa shape index (κ1) is 19.7. The van der Waals surface area contributed by atoms with E-state index >= 15 is 0 Å². The normalized spacial score (nSPS) is 18.7. The predicted molar refractivity (Wildman–Crippen MR) is 125 cm³/mol. The van der Waals surface area contributed by atoms with Crippen molar-refractivity contribution in [2.24, 2.45) is 5.41 Å². The van der Waals surface area contributed by atoms with Crippen LogP contribution in [-0.4, -0.2) is 13.8 Å². The number of hydrogen-bond donors (Lipinski definition) is 0. The van der Waals surface area contributed by atoms with Crippen LogP contribution >= 0.6 is 11.6 Å². The number of benzene rings is 2. The van der Waals surface area contributed by atoms with Crippen molar-refractivity contribution < 1.29 is 0 Å². The standard InChI is InChI=1S/C26H30ClSi/c1-26(19-11-4-5-12-19,18-10-17-24(27)28(2)3)25-22-15-8-6-13-20(22)21-14-7-9-16-23(21)25/h4-9,11,13-16,24-25H,10,12,17-18H2,1-3H3. The molecule has 1 radical (unpaired) electrons. The largest absolute Gasteiger partial charge is 0.127 e. The smallest absolute Gasteiger partial charge is 0.0635 e. The highest BCUT2D eigenvalue weighted by Crippen LogP contribution is 2.58. The Labute approximate surface area is 176 Å². The zero-order chi connectivity index (χ0) is 19.7. The molecule has 0 aliphatic heterocycles. The summed E-state index contributed by atoms with van der Waals surface area (Å²) in [5.41, 5.74) is 7.53. The van der Waals surface area contributed by atoms with E-state index in [4.69, 9.17) is 11.6 Å². The van der Waals surface area contributed by atoms with Gasteiger partial charge in [0.2, 0.25) is 0 Å². The van der Waals surface area contributed by atoms with Crippen molar-refractivity contribution in [3.05, 3.63) is 83.5 Å². The number of hydrogen-bond acceptors (Lipinski definition) is 0. The fraction of sp³-hybridized carbons (Fsp3) is 0.385. The number of alkyl halides is 1. The van der Waals surface area contributed by atoms with E-state index in [0.29, 0.717) is 10.9 Å². The van der Waals surface area contributed by atoms with Gasteiger partial charge >= 0.3 is 0 Å². The average Bonchev–Trinajstić information content (AvgIpc) is 3.35. The fourth-order valence-electron chi connectivity index (χ4n) is 5.14. The van der Waals surface area contributed by atoms with E-state index in [1.807, 2.05) is 0 Å². The summed E-state index contributed by atoms with van der Waals surface area (Å²) in [5, 5.41) is 0.369. The van der Waals surface area contributed by atoms with Gasteiger partial charge in [-0.1, -0.05) is 98.8 Å². The molecule has 28 heavy (non-hydrogen) atoms. The summed E-state index contributed by atoms with van der Waals surface area (Å²) in [4.78, 5) is 0. The molecule has 0 fully saturated rings. The molecule has 0 saturated carbocycles. The van der Waals surface area contributed by atoms with Crippen molar-refractivity contribution in [2.75, 3.05) is 0 Å². The third-order valence-corrected chi connectivity index (χ3v) is 9.83. The average molecular weight is 406 g/mol. The quantitative estimate of drug-likeness (QED) is 0.326. The third kappa shape index (κ3) is 3.44. The van der Waals surface area contributed by atoms with Crippen LogP contribution in [0.4, 0.5) is 0 Å². The lowest BCUT2D eigenvalue weighted by atomic mass is 9.64. The summed E-state index contributed by atoms with van der Waals surface area (Å²) in [5.74, 6) is 0.424. The molecule has 4 rings (SSSR count).